The summed E-state index contributed by atoms with van der Waals surface area (Å²) >= 11 is 0. The van der Waals surface area contributed by atoms with E-state index < -0.39 is 0 Å². The van der Waals surface area contributed by atoms with E-state index in [0.717, 1.165) is 25.8 Å². The van der Waals surface area contributed by atoms with Gasteiger partial charge in [-0.05, 0) is 31.3 Å². The predicted molar refractivity (Wildman–Crippen MR) is 65.9 cm³/mol. The third-order valence-electron chi connectivity index (χ3n) is 3.28. The van der Waals surface area contributed by atoms with Crippen LogP contribution in [0.15, 0.2) is 23.5 Å². The second-order valence-corrected chi connectivity index (χ2v) is 4.61. The molecule has 2 rings (SSSR count). The molecular weight excluding hydrogens is 200 g/mol. The highest BCUT2D eigenvalue weighted by atomic mass is 16.2. The van der Waals surface area contributed by atoms with E-state index in [1.807, 2.05) is 0 Å². The van der Waals surface area contributed by atoms with Gasteiger partial charge >= 0.3 is 0 Å². The van der Waals surface area contributed by atoms with Gasteiger partial charge in [0.2, 0.25) is 0 Å². The van der Waals surface area contributed by atoms with Crippen LogP contribution in [0.1, 0.15) is 38.5 Å². The zero-order chi connectivity index (χ0) is 11.2. The van der Waals surface area contributed by atoms with Crippen LogP contribution in [0.3, 0.4) is 0 Å². The van der Waals surface area contributed by atoms with Crippen LogP contribution >= 0.6 is 0 Å². The number of nitrogens with one attached hydrogen (secondary N) is 2. The Kier molecular flexibility index (Phi) is 4.28. The molecule has 3 nitrogen and oxygen atoms in total. The number of dihydropyridines is 1. The lowest BCUT2D eigenvalue weighted by Gasteiger charge is -2.29. The van der Waals surface area contributed by atoms with Gasteiger partial charge in [0.1, 0.15) is 5.82 Å². The van der Waals surface area contributed by atoms with Gasteiger partial charge in [-0.25, -0.2) is 0 Å². The van der Waals surface area contributed by atoms with Crippen molar-refractivity contribution in [2.24, 2.45) is 0 Å². The lowest BCUT2D eigenvalue weighted by atomic mass is 9.99. The Morgan fingerprint density at radius 2 is 2.25 bits per heavy atom. The molecule has 0 bridgehead atoms. The van der Waals surface area contributed by atoms with E-state index in [1.54, 1.807) is 0 Å². The third-order valence-corrected chi connectivity index (χ3v) is 3.28. The normalized spacial score (nSPS) is 23.7. The fourth-order valence-electron chi connectivity index (χ4n) is 2.33. The molecule has 0 saturated carbocycles. The number of hydrogen-bond acceptors (Lipinski definition) is 3. The number of allylic oxidation sites excluding steroid dienone is 2. The summed E-state index contributed by atoms with van der Waals surface area (Å²) in [6.07, 6.45) is 11.4. The van der Waals surface area contributed by atoms with Crippen molar-refractivity contribution in [1.82, 2.24) is 10.6 Å². The van der Waals surface area contributed by atoms with Crippen molar-refractivity contribution in [2.45, 2.75) is 44.6 Å². The summed E-state index contributed by atoms with van der Waals surface area (Å²) in [5.74, 6) is 1.25. The second kappa shape index (κ2) is 5.94. The molecule has 0 amide bonds. The van der Waals surface area contributed by atoms with Crippen LogP contribution in [0.2, 0.25) is 0 Å². The lowest BCUT2D eigenvalue weighted by molar-refractivity contribution is 0.282. The van der Waals surface area contributed by atoms with Gasteiger partial charge in [0, 0.05) is 19.2 Å². The van der Waals surface area contributed by atoms with Crippen molar-refractivity contribution in [3.63, 3.8) is 0 Å². The number of aliphatic hydroxyl groups excluding tert-OH is 1. The van der Waals surface area contributed by atoms with Crippen molar-refractivity contribution < 1.29 is 5.11 Å². The van der Waals surface area contributed by atoms with Crippen LogP contribution in [-0.4, -0.2) is 24.3 Å². The molecule has 0 fully saturated rings. The molecule has 2 heterocycles. The van der Waals surface area contributed by atoms with Gasteiger partial charge in [-0.15, -0.1) is 0 Å². The standard InChI is InChI=1S/C13H22N2O/c16-10-3-1-2-6-12-8-7-11-5-4-9-14-13(11)15-12/h7-8,12,14-16H,1-6,9-10H2. The largest absolute Gasteiger partial charge is 0.396 e. The van der Waals surface area contributed by atoms with Crippen LogP contribution in [0.25, 0.3) is 0 Å². The Balaban J connectivity index is 1.75. The molecule has 0 radical (unpaired) electrons. The molecule has 0 aromatic rings. The molecule has 0 aromatic carbocycles. The number of unbranched alkanes of at least 4 members (excludes halogenated alkanes) is 2. The van der Waals surface area contributed by atoms with Crippen molar-refractivity contribution in [3.8, 4) is 0 Å². The smallest absolute Gasteiger partial charge is 0.102 e. The van der Waals surface area contributed by atoms with E-state index >= 15 is 0 Å². The Bertz CT molecular complexity index is 284. The zero-order valence-corrected chi connectivity index (χ0v) is 9.84. The molecular formula is C13H22N2O. The fourth-order valence-corrected chi connectivity index (χ4v) is 2.33. The number of hydrogen-bond donors (Lipinski definition) is 3. The van der Waals surface area contributed by atoms with E-state index in [9.17, 15) is 0 Å². The summed E-state index contributed by atoms with van der Waals surface area (Å²) < 4.78 is 0. The quantitative estimate of drug-likeness (QED) is 0.620. The summed E-state index contributed by atoms with van der Waals surface area (Å²) in [7, 11) is 0. The summed E-state index contributed by atoms with van der Waals surface area (Å²) in [4.78, 5) is 0. The molecule has 0 aliphatic carbocycles. The number of rotatable bonds is 5. The highest BCUT2D eigenvalue weighted by Gasteiger charge is 2.17. The topological polar surface area (TPSA) is 44.3 Å². The summed E-state index contributed by atoms with van der Waals surface area (Å²) in [6.45, 7) is 1.42. The molecule has 2 aliphatic rings. The van der Waals surface area contributed by atoms with Gasteiger partial charge < -0.3 is 15.7 Å². The van der Waals surface area contributed by atoms with E-state index in [2.05, 4.69) is 22.8 Å². The van der Waals surface area contributed by atoms with E-state index in [0.29, 0.717) is 12.6 Å². The van der Waals surface area contributed by atoms with Crippen molar-refractivity contribution in [3.05, 3.63) is 23.5 Å². The molecule has 3 N–H and O–H groups in total. The SMILES string of the molecule is OCCCCCC1C=CC2=C(NCCC2)N1. The fraction of sp³-hybridized carbons (Fsp3) is 0.692. The Hall–Kier alpha value is -0.960. The van der Waals surface area contributed by atoms with Crippen molar-refractivity contribution >= 4 is 0 Å². The predicted octanol–water partition coefficient (Wildman–Crippen LogP) is 1.66. The van der Waals surface area contributed by atoms with Gasteiger partial charge in [0.15, 0.2) is 0 Å². The van der Waals surface area contributed by atoms with Crippen LogP contribution in [0.4, 0.5) is 0 Å². The molecule has 0 aromatic heterocycles. The van der Waals surface area contributed by atoms with E-state index in [1.165, 1.54) is 30.7 Å². The Morgan fingerprint density at radius 3 is 3.12 bits per heavy atom. The maximum absolute atomic E-state index is 8.71. The second-order valence-electron chi connectivity index (χ2n) is 4.61. The van der Waals surface area contributed by atoms with Gasteiger partial charge in [-0.3, -0.25) is 0 Å². The Labute approximate surface area is 97.6 Å². The summed E-state index contributed by atoms with van der Waals surface area (Å²) in [6, 6.07) is 0.475. The van der Waals surface area contributed by atoms with E-state index in [-0.39, 0.29) is 0 Å². The van der Waals surface area contributed by atoms with Gasteiger partial charge in [0.25, 0.3) is 0 Å². The zero-order valence-electron chi connectivity index (χ0n) is 9.84. The number of aliphatic hydroxyl groups is 1. The molecule has 0 saturated heterocycles. The Morgan fingerprint density at radius 1 is 1.31 bits per heavy atom. The van der Waals surface area contributed by atoms with Crippen LogP contribution in [-0.2, 0) is 0 Å². The van der Waals surface area contributed by atoms with E-state index in [4.69, 9.17) is 5.11 Å². The minimum Gasteiger partial charge on any atom is -0.396 e. The van der Waals surface area contributed by atoms with Crippen molar-refractivity contribution in [1.29, 1.82) is 0 Å². The first-order valence-corrected chi connectivity index (χ1v) is 6.43. The first-order valence-electron chi connectivity index (χ1n) is 6.43. The summed E-state index contributed by atoms with van der Waals surface area (Å²) in [5, 5.41) is 15.7. The third kappa shape index (κ3) is 3.01. The van der Waals surface area contributed by atoms with Gasteiger partial charge in [-0.2, -0.15) is 0 Å². The minimum absolute atomic E-state index is 0.324. The maximum atomic E-state index is 8.71. The minimum atomic E-state index is 0.324. The molecule has 16 heavy (non-hydrogen) atoms. The molecule has 1 atom stereocenters. The van der Waals surface area contributed by atoms with Crippen molar-refractivity contribution in [2.75, 3.05) is 13.2 Å². The first kappa shape index (κ1) is 11.5. The van der Waals surface area contributed by atoms with Crippen LogP contribution in [0.5, 0.6) is 0 Å². The average molecular weight is 222 g/mol. The van der Waals surface area contributed by atoms with Crippen LogP contribution in [0, 0.1) is 0 Å². The molecule has 2 aliphatic heterocycles. The maximum Gasteiger partial charge on any atom is 0.102 e. The first-order chi connectivity index (χ1) is 7.90. The highest BCUT2D eigenvalue weighted by Crippen LogP contribution is 2.20. The molecule has 0 spiro atoms. The summed E-state index contributed by atoms with van der Waals surface area (Å²) in [5.41, 5.74) is 1.43. The lowest BCUT2D eigenvalue weighted by Crippen LogP contribution is -2.39. The highest BCUT2D eigenvalue weighted by molar-refractivity contribution is 5.31. The molecule has 3 heteroatoms. The molecule has 90 valence electrons. The van der Waals surface area contributed by atoms with Gasteiger partial charge in [0.05, 0.1) is 0 Å². The monoisotopic (exact) mass is 222 g/mol. The van der Waals surface area contributed by atoms with Gasteiger partial charge in [-0.1, -0.05) is 25.0 Å². The molecule has 1 unspecified atom stereocenters. The van der Waals surface area contributed by atoms with Crippen LogP contribution < -0.4 is 10.6 Å². The average Bonchev–Trinajstić information content (AvgIpc) is 2.34.